The fraction of sp³-hybridized carbons (Fsp3) is 0.385. The lowest BCUT2D eigenvalue weighted by Crippen LogP contribution is -2.44. The molecular formula is C26H30ClN3OS. The first kappa shape index (κ1) is 23.1. The Hall–Kier alpha value is -2.08. The van der Waals surface area contributed by atoms with Gasteiger partial charge in [-0.1, -0.05) is 48.0 Å². The molecule has 1 aliphatic rings. The molecule has 32 heavy (non-hydrogen) atoms. The summed E-state index contributed by atoms with van der Waals surface area (Å²) in [6.07, 6.45) is 4.82. The summed E-state index contributed by atoms with van der Waals surface area (Å²) in [7, 11) is 0. The zero-order valence-corrected chi connectivity index (χ0v) is 20.3. The van der Waals surface area contributed by atoms with Gasteiger partial charge in [-0.25, -0.2) is 4.98 Å². The SMILES string of the molecule is C[C@@H]1CCC[C@H](C)N1CCCNC(=O)c1cc(Sc2ccc(Cl)cc2)nc2ccccc12. The highest BCUT2D eigenvalue weighted by Crippen LogP contribution is 2.30. The van der Waals surface area contributed by atoms with Gasteiger partial charge in [-0.15, -0.1) is 0 Å². The van der Waals surface area contributed by atoms with Crippen molar-refractivity contribution >= 4 is 40.2 Å². The second-order valence-corrected chi connectivity index (χ2v) is 10.1. The number of pyridine rings is 1. The predicted octanol–water partition coefficient (Wildman–Crippen LogP) is 6.42. The van der Waals surface area contributed by atoms with Gasteiger partial charge in [0.05, 0.1) is 11.1 Å². The maximum Gasteiger partial charge on any atom is 0.252 e. The molecule has 1 saturated heterocycles. The fourth-order valence-corrected chi connectivity index (χ4v) is 5.45. The van der Waals surface area contributed by atoms with E-state index in [1.807, 2.05) is 54.6 Å². The number of nitrogens with zero attached hydrogens (tertiary/aromatic N) is 2. The Balaban J connectivity index is 1.44. The van der Waals surface area contributed by atoms with E-state index in [2.05, 4.69) is 24.1 Å². The number of rotatable bonds is 7. The number of likely N-dealkylation sites (tertiary alicyclic amines) is 1. The van der Waals surface area contributed by atoms with E-state index >= 15 is 0 Å². The zero-order valence-electron chi connectivity index (χ0n) is 18.7. The van der Waals surface area contributed by atoms with Crippen LogP contribution in [0.5, 0.6) is 0 Å². The third-order valence-corrected chi connectivity index (χ3v) is 7.41. The molecule has 4 rings (SSSR count). The Morgan fingerprint density at radius 3 is 2.59 bits per heavy atom. The second kappa shape index (κ2) is 10.7. The Labute approximate surface area is 199 Å². The molecule has 0 radical (unpaired) electrons. The standard InChI is InChI=1S/C26H30ClN3OS/c1-18-7-5-8-19(2)30(18)16-6-15-28-26(31)23-17-25(29-24-10-4-3-9-22(23)24)32-21-13-11-20(27)12-14-21/h3-4,9-14,17-19H,5-8,15-16H2,1-2H3,(H,28,31)/t18-,19+. The fourth-order valence-electron chi connectivity index (χ4n) is 4.49. The minimum Gasteiger partial charge on any atom is -0.352 e. The average molecular weight is 468 g/mol. The molecule has 6 heteroatoms. The molecule has 0 aliphatic carbocycles. The van der Waals surface area contributed by atoms with E-state index in [1.165, 1.54) is 31.0 Å². The molecule has 1 aliphatic heterocycles. The van der Waals surface area contributed by atoms with Gasteiger partial charge in [-0.05, 0) is 69.5 Å². The average Bonchev–Trinajstić information content (AvgIpc) is 2.79. The quantitative estimate of drug-likeness (QED) is 0.407. The monoisotopic (exact) mass is 467 g/mol. The maximum absolute atomic E-state index is 13.1. The summed E-state index contributed by atoms with van der Waals surface area (Å²) in [4.78, 5) is 21.5. The maximum atomic E-state index is 13.1. The summed E-state index contributed by atoms with van der Waals surface area (Å²) in [5.74, 6) is -0.0405. The molecule has 3 aromatic rings. The first-order valence-corrected chi connectivity index (χ1v) is 12.6. The highest BCUT2D eigenvalue weighted by Gasteiger charge is 2.23. The van der Waals surface area contributed by atoms with Gasteiger partial charge in [0.2, 0.25) is 0 Å². The van der Waals surface area contributed by atoms with E-state index in [4.69, 9.17) is 16.6 Å². The lowest BCUT2D eigenvalue weighted by molar-refractivity contribution is 0.0926. The van der Waals surface area contributed by atoms with E-state index in [0.717, 1.165) is 33.8 Å². The molecule has 1 amide bonds. The molecule has 1 fully saturated rings. The van der Waals surface area contributed by atoms with E-state index in [1.54, 1.807) is 0 Å². The minimum atomic E-state index is -0.0405. The molecule has 1 aromatic heterocycles. The zero-order chi connectivity index (χ0) is 22.5. The van der Waals surface area contributed by atoms with Crippen LogP contribution in [0.15, 0.2) is 64.5 Å². The number of hydrogen-bond acceptors (Lipinski definition) is 4. The van der Waals surface area contributed by atoms with Gasteiger partial charge in [-0.3, -0.25) is 9.69 Å². The molecule has 168 valence electrons. The number of nitrogens with one attached hydrogen (secondary N) is 1. The van der Waals surface area contributed by atoms with Crippen molar-refractivity contribution in [3.05, 3.63) is 65.2 Å². The van der Waals surface area contributed by atoms with Crippen molar-refractivity contribution < 1.29 is 4.79 Å². The van der Waals surface area contributed by atoms with Crippen LogP contribution in [0.1, 0.15) is 49.9 Å². The summed E-state index contributed by atoms with van der Waals surface area (Å²) in [5.41, 5.74) is 1.50. The van der Waals surface area contributed by atoms with Gasteiger partial charge >= 0.3 is 0 Å². The highest BCUT2D eigenvalue weighted by molar-refractivity contribution is 7.99. The summed E-state index contributed by atoms with van der Waals surface area (Å²) in [6.45, 7) is 6.33. The van der Waals surface area contributed by atoms with E-state index in [-0.39, 0.29) is 5.91 Å². The van der Waals surface area contributed by atoms with Gasteiger partial charge in [-0.2, -0.15) is 0 Å². The Morgan fingerprint density at radius 2 is 1.84 bits per heavy atom. The van der Waals surface area contributed by atoms with Gasteiger partial charge in [0.15, 0.2) is 0 Å². The van der Waals surface area contributed by atoms with Crippen molar-refractivity contribution in [2.45, 2.75) is 61.5 Å². The molecule has 1 N–H and O–H groups in total. The number of benzene rings is 2. The van der Waals surface area contributed by atoms with Gasteiger partial charge in [0.25, 0.3) is 5.91 Å². The van der Waals surface area contributed by atoms with Gasteiger partial charge in [0, 0.05) is 40.5 Å². The van der Waals surface area contributed by atoms with Crippen molar-refractivity contribution in [2.24, 2.45) is 0 Å². The number of aromatic nitrogens is 1. The molecule has 2 aromatic carbocycles. The smallest absolute Gasteiger partial charge is 0.252 e. The van der Waals surface area contributed by atoms with Crippen LogP contribution in [0.4, 0.5) is 0 Å². The first-order valence-electron chi connectivity index (χ1n) is 11.4. The molecule has 0 saturated carbocycles. The third kappa shape index (κ3) is 5.64. The van der Waals surface area contributed by atoms with Gasteiger partial charge < -0.3 is 5.32 Å². The highest BCUT2D eigenvalue weighted by atomic mass is 35.5. The number of halogens is 1. The minimum absolute atomic E-state index is 0.0405. The number of fused-ring (bicyclic) bond motifs is 1. The number of hydrogen-bond donors (Lipinski definition) is 1. The Kier molecular flexibility index (Phi) is 7.71. The third-order valence-electron chi connectivity index (χ3n) is 6.23. The Morgan fingerprint density at radius 1 is 1.12 bits per heavy atom. The van der Waals surface area contributed by atoms with E-state index in [9.17, 15) is 4.79 Å². The van der Waals surface area contributed by atoms with Crippen molar-refractivity contribution in [2.75, 3.05) is 13.1 Å². The molecule has 2 atom stereocenters. The first-order chi connectivity index (χ1) is 15.5. The van der Waals surface area contributed by atoms with Crippen molar-refractivity contribution in [3.8, 4) is 0 Å². The molecule has 4 nitrogen and oxygen atoms in total. The number of carbonyl (C=O) groups is 1. The van der Waals surface area contributed by atoms with Crippen LogP contribution < -0.4 is 5.32 Å². The normalized spacial score (nSPS) is 19.2. The molecular weight excluding hydrogens is 438 g/mol. The predicted molar refractivity (Wildman–Crippen MR) is 134 cm³/mol. The lowest BCUT2D eigenvalue weighted by Gasteiger charge is -2.39. The van der Waals surface area contributed by atoms with Crippen molar-refractivity contribution in [1.82, 2.24) is 15.2 Å². The summed E-state index contributed by atoms with van der Waals surface area (Å²) >= 11 is 7.54. The van der Waals surface area contributed by atoms with Crippen LogP contribution in [0.25, 0.3) is 10.9 Å². The molecule has 0 unspecified atom stereocenters. The van der Waals surface area contributed by atoms with E-state index in [0.29, 0.717) is 29.2 Å². The number of piperidine rings is 1. The number of para-hydroxylation sites is 1. The van der Waals surface area contributed by atoms with Crippen LogP contribution in [-0.2, 0) is 0 Å². The van der Waals surface area contributed by atoms with E-state index < -0.39 is 0 Å². The van der Waals surface area contributed by atoms with Gasteiger partial charge in [0.1, 0.15) is 5.03 Å². The largest absolute Gasteiger partial charge is 0.352 e. The number of carbonyl (C=O) groups excluding carboxylic acids is 1. The summed E-state index contributed by atoms with van der Waals surface area (Å²) in [5, 5.41) is 5.52. The summed E-state index contributed by atoms with van der Waals surface area (Å²) < 4.78 is 0. The van der Waals surface area contributed by atoms with Crippen LogP contribution in [-0.4, -0.2) is 41.0 Å². The lowest BCUT2D eigenvalue weighted by atomic mass is 9.97. The van der Waals surface area contributed by atoms with Crippen LogP contribution in [0.3, 0.4) is 0 Å². The van der Waals surface area contributed by atoms with Crippen molar-refractivity contribution in [1.29, 1.82) is 0 Å². The topological polar surface area (TPSA) is 45.2 Å². The summed E-state index contributed by atoms with van der Waals surface area (Å²) in [6, 6.07) is 18.6. The van der Waals surface area contributed by atoms with Crippen LogP contribution in [0.2, 0.25) is 5.02 Å². The number of amides is 1. The van der Waals surface area contributed by atoms with Crippen LogP contribution in [0, 0.1) is 0 Å². The molecule has 2 heterocycles. The van der Waals surface area contributed by atoms with Crippen molar-refractivity contribution in [3.63, 3.8) is 0 Å². The van der Waals surface area contributed by atoms with Crippen LogP contribution >= 0.6 is 23.4 Å². The molecule has 0 spiro atoms. The second-order valence-electron chi connectivity index (χ2n) is 8.56. The Bertz CT molecular complexity index is 1060. The molecule has 0 bridgehead atoms.